The van der Waals surface area contributed by atoms with Crippen molar-refractivity contribution in [3.63, 3.8) is 0 Å². The number of carbonyl (C=O) groups excluding carboxylic acids is 1. The number of benzene rings is 2. The molecule has 0 fully saturated rings. The van der Waals surface area contributed by atoms with Crippen molar-refractivity contribution in [3.05, 3.63) is 63.8 Å². The second-order valence-corrected chi connectivity index (χ2v) is 8.18. The Labute approximate surface area is 153 Å². The van der Waals surface area contributed by atoms with Gasteiger partial charge in [-0.15, -0.1) is 0 Å². The minimum absolute atomic E-state index is 0.238. The molecule has 0 saturated carbocycles. The van der Waals surface area contributed by atoms with Gasteiger partial charge in [-0.3, -0.25) is 4.79 Å². The van der Waals surface area contributed by atoms with Crippen LogP contribution in [0.25, 0.3) is 11.0 Å². The summed E-state index contributed by atoms with van der Waals surface area (Å²) in [6.07, 6.45) is 0. The minimum atomic E-state index is -3.59. The predicted octanol–water partition coefficient (Wildman–Crippen LogP) is 3.54. The number of rotatable bonds is 4. The molecule has 1 aromatic heterocycles. The maximum Gasteiger partial charge on any atom is 0.291 e. The third-order valence-corrected chi connectivity index (χ3v) is 4.91. The van der Waals surface area contributed by atoms with Crippen molar-refractivity contribution in [2.45, 2.75) is 12.7 Å². The number of furan rings is 1. The molecule has 0 aliphatic rings. The zero-order valence-electron chi connectivity index (χ0n) is 13.2. The molecule has 0 radical (unpaired) electrons. The second-order valence-electron chi connectivity index (χ2n) is 5.65. The minimum Gasteiger partial charge on any atom is -0.451 e. The van der Waals surface area contributed by atoms with Crippen LogP contribution in [0.5, 0.6) is 0 Å². The number of hydrogen-bond donors (Lipinski definition) is 2. The molecule has 3 N–H and O–H groups in total. The fourth-order valence-electron chi connectivity index (χ4n) is 2.51. The van der Waals surface area contributed by atoms with Gasteiger partial charge in [-0.1, -0.05) is 28.1 Å². The van der Waals surface area contributed by atoms with Crippen molar-refractivity contribution in [1.82, 2.24) is 0 Å². The lowest BCUT2D eigenvalue weighted by molar-refractivity contribution is 0.0998. The molecule has 0 unspecified atom stereocenters. The first-order chi connectivity index (χ1) is 11.7. The van der Waals surface area contributed by atoms with Gasteiger partial charge in [0.15, 0.2) is 5.76 Å². The van der Waals surface area contributed by atoms with E-state index in [1.807, 2.05) is 19.1 Å². The Morgan fingerprint density at radius 3 is 2.52 bits per heavy atom. The Hall–Kier alpha value is -2.16. The summed E-state index contributed by atoms with van der Waals surface area (Å²) in [6, 6.07) is 12.0. The molecule has 6 nitrogen and oxygen atoms in total. The summed E-state index contributed by atoms with van der Waals surface area (Å²) in [7, 11) is -3.59. The Morgan fingerprint density at radius 1 is 1.20 bits per heavy atom. The molecule has 0 spiro atoms. The average molecular weight is 423 g/mol. The topological polar surface area (TPSA) is 102 Å². The number of carbonyl (C=O) groups is 1. The highest BCUT2D eigenvalue weighted by Crippen LogP contribution is 2.28. The molecule has 25 heavy (non-hydrogen) atoms. The van der Waals surface area contributed by atoms with Crippen molar-refractivity contribution in [3.8, 4) is 0 Å². The van der Waals surface area contributed by atoms with Crippen LogP contribution in [0, 0.1) is 6.92 Å². The molecular weight excluding hydrogens is 408 g/mol. The first-order valence-corrected chi connectivity index (χ1v) is 9.83. The first kappa shape index (κ1) is 17.7. The third-order valence-electron chi connectivity index (χ3n) is 3.68. The third kappa shape index (κ3) is 4.09. The van der Waals surface area contributed by atoms with E-state index in [4.69, 9.17) is 9.56 Å². The van der Waals surface area contributed by atoms with E-state index in [0.29, 0.717) is 16.8 Å². The van der Waals surface area contributed by atoms with Crippen LogP contribution >= 0.6 is 15.9 Å². The largest absolute Gasteiger partial charge is 0.451 e. The quantitative estimate of drug-likeness (QED) is 0.670. The van der Waals surface area contributed by atoms with E-state index in [0.717, 1.165) is 15.4 Å². The Bertz CT molecular complexity index is 1060. The predicted molar refractivity (Wildman–Crippen MR) is 99.9 cm³/mol. The van der Waals surface area contributed by atoms with E-state index in [9.17, 15) is 13.2 Å². The van der Waals surface area contributed by atoms with Gasteiger partial charge in [-0.2, -0.15) is 0 Å². The number of halogens is 1. The molecule has 130 valence electrons. The van der Waals surface area contributed by atoms with Crippen LogP contribution in [-0.2, 0) is 15.8 Å². The number of amides is 1. The van der Waals surface area contributed by atoms with Crippen molar-refractivity contribution >= 4 is 48.5 Å². The van der Waals surface area contributed by atoms with E-state index in [1.165, 1.54) is 0 Å². The Morgan fingerprint density at radius 2 is 1.88 bits per heavy atom. The normalized spacial score (nSPS) is 11.6. The Balaban J connectivity index is 1.82. The molecule has 0 atom stereocenters. The van der Waals surface area contributed by atoms with E-state index >= 15 is 0 Å². The van der Waals surface area contributed by atoms with Crippen LogP contribution in [0.2, 0.25) is 0 Å². The van der Waals surface area contributed by atoms with Crippen LogP contribution < -0.4 is 10.5 Å². The lowest BCUT2D eigenvalue weighted by Crippen LogP contribution is -2.15. The molecule has 0 aliphatic carbocycles. The van der Waals surface area contributed by atoms with Crippen LogP contribution in [0.4, 0.5) is 5.69 Å². The second kappa shape index (κ2) is 6.62. The van der Waals surface area contributed by atoms with Gasteiger partial charge in [0.05, 0.1) is 5.75 Å². The number of primary sulfonamides is 1. The molecular formula is C17H15BrN2O4S. The zero-order valence-corrected chi connectivity index (χ0v) is 15.6. The zero-order chi connectivity index (χ0) is 18.2. The van der Waals surface area contributed by atoms with E-state index in [-0.39, 0.29) is 17.4 Å². The number of sulfonamides is 1. The fourth-order valence-corrected chi connectivity index (χ4v) is 3.53. The lowest BCUT2D eigenvalue weighted by atomic mass is 10.1. The van der Waals surface area contributed by atoms with Crippen molar-refractivity contribution in [1.29, 1.82) is 0 Å². The molecule has 3 rings (SSSR count). The van der Waals surface area contributed by atoms with Gasteiger partial charge >= 0.3 is 0 Å². The van der Waals surface area contributed by atoms with Crippen LogP contribution in [0.15, 0.2) is 51.4 Å². The molecule has 2 aromatic carbocycles. The molecule has 1 heterocycles. The van der Waals surface area contributed by atoms with Crippen molar-refractivity contribution < 1.29 is 17.6 Å². The van der Waals surface area contributed by atoms with Gasteiger partial charge in [0.2, 0.25) is 10.0 Å². The molecule has 3 aromatic rings. The number of fused-ring (bicyclic) bond motifs is 1. The van der Waals surface area contributed by atoms with Gasteiger partial charge in [-0.25, -0.2) is 13.6 Å². The first-order valence-electron chi connectivity index (χ1n) is 7.32. The van der Waals surface area contributed by atoms with Gasteiger partial charge in [-0.05, 0) is 42.8 Å². The summed E-state index contributed by atoms with van der Waals surface area (Å²) in [4.78, 5) is 12.5. The standard InChI is InChI=1S/C17H15BrN2O4S/c1-10-14-8-12(18)4-7-15(14)24-16(10)17(21)20-13-5-2-11(3-6-13)9-25(19,22)23/h2-8H,9H2,1H3,(H,20,21)(H2,19,22,23). The maximum absolute atomic E-state index is 12.5. The molecule has 1 amide bonds. The molecule has 0 aliphatic heterocycles. The van der Waals surface area contributed by atoms with Gasteiger partial charge in [0.25, 0.3) is 5.91 Å². The lowest BCUT2D eigenvalue weighted by Gasteiger charge is -2.05. The number of hydrogen-bond acceptors (Lipinski definition) is 4. The molecule has 0 saturated heterocycles. The maximum atomic E-state index is 12.5. The highest BCUT2D eigenvalue weighted by atomic mass is 79.9. The molecule has 0 bridgehead atoms. The summed E-state index contributed by atoms with van der Waals surface area (Å²) >= 11 is 3.40. The molecule has 8 heteroatoms. The highest BCUT2D eigenvalue weighted by Gasteiger charge is 2.18. The summed E-state index contributed by atoms with van der Waals surface area (Å²) in [5.74, 6) is -0.385. The number of nitrogens with one attached hydrogen (secondary N) is 1. The van der Waals surface area contributed by atoms with E-state index in [2.05, 4.69) is 21.2 Å². The van der Waals surface area contributed by atoms with Gasteiger partial charge in [0.1, 0.15) is 5.58 Å². The van der Waals surface area contributed by atoms with Crippen molar-refractivity contribution in [2.24, 2.45) is 5.14 Å². The fraction of sp³-hybridized carbons (Fsp3) is 0.118. The van der Waals surface area contributed by atoms with Gasteiger partial charge in [0, 0.05) is 21.1 Å². The van der Waals surface area contributed by atoms with Crippen LogP contribution in [-0.4, -0.2) is 14.3 Å². The van der Waals surface area contributed by atoms with E-state index in [1.54, 1.807) is 30.3 Å². The summed E-state index contributed by atoms with van der Waals surface area (Å²) in [5, 5.41) is 8.62. The van der Waals surface area contributed by atoms with E-state index < -0.39 is 10.0 Å². The van der Waals surface area contributed by atoms with Gasteiger partial charge < -0.3 is 9.73 Å². The Kier molecular flexibility index (Phi) is 4.68. The van der Waals surface area contributed by atoms with Crippen LogP contribution in [0.3, 0.4) is 0 Å². The number of anilines is 1. The number of aryl methyl sites for hydroxylation is 1. The number of nitrogens with two attached hydrogens (primary N) is 1. The monoisotopic (exact) mass is 422 g/mol. The summed E-state index contributed by atoms with van der Waals surface area (Å²) in [6.45, 7) is 1.82. The van der Waals surface area contributed by atoms with Crippen LogP contribution in [0.1, 0.15) is 21.7 Å². The van der Waals surface area contributed by atoms with Crippen molar-refractivity contribution in [2.75, 3.05) is 5.32 Å². The SMILES string of the molecule is Cc1c(C(=O)Nc2ccc(CS(N)(=O)=O)cc2)oc2ccc(Br)cc12. The smallest absolute Gasteiger partial charge is 0.291 e. The highest BCUT2D eigenvalue weighted by molar-refractivity contribution is 9.10. The average Bonchev–Trinajstić information content (AvgIpc) is 2.85. The summed E-state index contributed by atoms with van der Waals surface area (Å²) in [5.41, 5.74) is 2.46. The summed E-state index contributed by atoms with van der Waals surface area (Å²) < 4.78 is 28.7.